The monoisotopic (exact) mass is 451 g/mol. The lowest BCUT2D eigenvalue weighted by Gasteiger charge is -2.66. The third-order valence-corrected chi connectivity index (χ3v) is 10.9. The van der Waals surface area contributed by atoms with Crippen LogP contribution in [0, 0.1) is 50.7 Å². The summed E-state index contributed by atoms with van der Waals surface area (Å²) in [5.74, 6) is -0.730. The number of aliphatic hydroxyl groups excluding tert-OH is 1. The van der Waals surface area contributed by atoms with Crippen molar-refractivity contribution < 1.29 is 19.8 Å². The molecule has 0 bridgehead atoms. The van der Waals surface area contributed by atoms with Crippen molar-refractivity contribution in [2.24, 2.45) is 39.4 Å². The summed E-state index contributed by atoms with van der Waals surface area (Å²) in [7, 11) is 0. The van der Waals surface area contributed by atoms with Gasteiger partial charge in [0.15, 0.2) is 11.6 Å². The molecule has 0 aromatic carbocycles. The van der Waals surface area contributed by atoms with Crippen LogP contribution in [0.2, 0.25) is 0 Å². The van der Waals surface area contributed by atoms with Crippen LogP contribution in [0.1, 0.15) is 79.1 Å². The van der Waals surface area contributed by atoms with Gasteiger partial charge in [0, 0.05) is 30.3 Å². The number of Topliss-reactive ketones (excluding diaryl/α,β-unsaturated/α-hetero) is 1. The number of nitriles is 1. The van der Waals surface area contributed by atoms with E-state index in [0.29, 0.717) is 12.8 Å². The zero-order chi connectivity index (χ0) is 24.0. The highest BCUT2D eigenvalue weighted by molar-refractivity contribution is 6.02. The van der Waals surface area contributed by atoms with Crippen LogP contribution in [0.15, 0.2) is 23.3 Å². The Morgan fingerprint density at radius 1 is 1.06 bits per heavy atom. The Hall–Kier alpha value is -1.77. The topological polar surface area (TPSA) is 98.4 Å². The molecule has 0 aromatic heterocycles. The predicted octanol–water partition coefficient (Wildman–Crippen LogP) is 4.29. The number of nitrogens with zero attached hydrogens (tertiary/aromatic N) is 1. The lowest BCUT2D eigenvalue weighted by molar-refractivity contribution is -0.215. The van der Waals surface area contributed by atoms with Crippen LogP contribution >= 0.6 is 0 Å². The first-order valence-corrected chi connectivity index (χ1v) is 12.6. The number of hydrogen-bond donors (Lipinski definition) is 2. The van der Waals surface area contributed by atoms with Gasteiger partial charge < -0.3 is 10.2 Å². The highest BCUT2D eigenvalue weighted by atomic mass is 16.3. The molecular weight excluding hydrogens is 414 g/mol. The van der Waals surface area contributed by atoms with E-state index in [1.165, 1.54) is 0 Å². The lowest BCUT2D eigenvalue weighted by atomic mass is 9.38. The maximum atomic E-state index is 13.9. The number of allylic oxidation sites excluding steroid dienone is 3. The molecule has 5 nitrogen and oxygen atoms in total. The smallest absolute Gasteiger partial charge is 0.187 e. The number of hydrogen-bond acceptors (Lipinski definition) is 5. The van der Waals surface area contributed by atoms with E-state index in [4.69, 9.17) is 0 Å². The molecule has 6 unspecified atom stereocenters. The molecule has 0 radical (unpaired) electrons. The molecule has 0 saturated heterocycles. The van der Waals surface area contributed by atoms with Crippen molar-refractivity contribution in [2.45, 2.75) is 84.7 Å². The van der Waals surface area contributed by atoms with E-state index < -0.39 is 16.4 Å². The van der Waals surface area contributed by atoms with Gasteiger partial charge in [0.2, 0.25) is 0 Å². The molecule has 3 fully saturated rings. The molecule has 5 aliphatic rings. The third-order valence-electron chi connectivity index (χ3n) is 10.9. The van der Waals surface area contributed by atoms with Crippen LogP contribution in [-0.4, -0.2) is 34.0 Å². The van der Waals surface area contributed by atoms with Crippen molar-refractivity contribution in [1.29, 1.82) is 5.26 Å². The highest BCUT2D eigenvalue weighted by Gasteiger charge is 2.69. The average Bonchev–Trinajstić information content (AvgIpc) is 2.76. The van der Waals surface area contributed by atoms with E-state index in [9.17, 15) is 25.1 Å². The van der Waals surface area contributed by atoms with Gasteiger partial charge >= 0.3 is 0 Å². The van der Waals surface area contributed by atoms with E-state index in [-0.39, 0.29) is 52.3 Å². The number of carbonyl (C=O) groups excluding carboxylic acids is 2. The molecule has 0 amide bonds. The Balaban J connectivity index is 1.67. The second-order valence-electron chi connectivity index (χ2n) is 13.0. The molecule has 33 heavy (non-hydrogen) atoms. The number of aliphatic hydroxyl groups is 2. The molecule has 2 N–H and O–H groups in total. The zero-order valence-electron chi connectivity index (χ0n) is 20.4. The number of rotatable bonds is 1. The van der Waals surface area contributed by atoms with Crippen molar-refractivity contribution >= 4 is 11.6 Å². The first kappa shape index (κ1) is 23.0. The van der Waals surface area contributed by atoms with Gasteiger partial charge in [-0.15, -0.1) is 0 Å². The van der Waals surface area contributed by atoms with Crippen LogP contribution < -0.4 is 0 Å². The van der Waals surface area contributed by atoms with Crippen LogP contribution in [0.5, 0.6) is 0 Å². The lowest BCUT2D eigenvalue weighted by Crippen LogP contribution is -2.69. The first-order valence-electron chi connectivity index (χ1n) is 12.6. The number of ketones is 2. The van der Waals surface area contributed by atoms with Gasteiger partial charge in [-0.1, -0.05) is 39.3 Å². The zero-order valence-corrected chi connectivity index (χ0v) is 20.4. The molecule has 7 atom stereocenters. The van der Waals surface area contributed by atoms with Crippen molar-refractivity contribution in [1.82, 2.24) is 0 Å². The minimum Gasteiger partial charge on any atom is -0.396 e. The van der Waals surface area contributed by atoms with Crippen molar-refractivity contribution in [3.8, 4) is 6.07 Å². The SMILES string of the molecule is CC1(C)CCC2(CO)CCC3C(O)(C(=O)C=C4C5(C)C=C(C#N)C(=O)CC5CC[C@]43C)C2C1. The van der Waals surface area contributed by atoms with E-state index in [1.54, 1.807) is 6.08 Å². The van der Waals surface area contributed by atoms with Crippen LogP contribution in [0.4, 0.5) is 0 Å². The molecule has 0 spiro atoms. The number of fused-ring (bicyclic) bond motifs is 7. The average molecular weight is 452 g/mol. The normalized spacial score (nSPS) is 48.3. The minimum absolute atomic E-state index is 0.0134. The molecule has 5 aliphatic carbocycles. The quantitative estimate of drug-likeness (QED) is 0.620. The fourth-order valence-electron chi connectivity index (χ4n) is 8.86. The molecule has 3 saturated carbocycles. The summed E-state index contributed by atoms with van der Waals surface area (Å²) >= 11 is 0. The molecule has 5 heteroatoms. The first-order chi connectivity index (χ1) is 15.4. The van der Waals surface area contributed by atoms with Crippen LogP contribution in [-0.2, 0) is 9.59 Å². The minimum atomic E-state index is -1.48. The summed E-state index contributed by atoms with van der Waals surface area (Å²) in [6.07, 6.45) is 9.62. The van der Waals surface area contributed by atoms with Crippen molar-refractivity contribution in [3.05, 3.63) is 23.3 Å². The van der Waals surface area contributed by atoms with E-state index in [0.717, 1.165) is 44.1 Å². The summed E-state index contributed by atoms with van der Waals surface area (Å²) in [4.78, 5) is 26.4. The summed E-state index contributed by atoms with van der Waals surface area (Å²) in [5, 5.41) is 32.4. The highest BCUT2D eigenvalue weighted by Crippen LogP contribution is 2.69. The van der Waals surface area contributed by atoms with E-state index in [2.05, 4.69) is 33.8 Å². The van der Waals surface area contributed by atoms with Gasteiger partial charge in [-0.3, -0.25) is 9.59 Å². The van der Waals surface area contributed by atoms with Gasteiger partial charge in [0.25, 0.3) is 0 Å². The Kier molecular flexibility index (Phi) is 4.80. The van der Waals surface area contributed by atoms with Gasteiger partial charge in [-0.05, 0) is 73.2 Å². The van der Waals surface area contributed by atoms with E-state index >= 15 is 0 Å². The Morgan fingerprint density at radius 3 is 2.45 bits per heavy atom. The summed E-state index contributed by atoms with van der Waals surface area (Å²) < 4.78 is 0. The maximum absolute atomic E-state index is 13.9. The Bertz CT molecular complexity index is 1030. The second-order valence-corrected chi connectivity index (χ2v) is 13.0. The van der Waals surface area contributed by atoms with Gasteiger partial charge in [-0.2, -0.15) is 5.26 Å². The van der Waals surface area contributed by atoms with Gasteiger partial charge in [0.1, 0.15) is 11.7 Å². The fourth-order valence-corrected chi connectivity index (χ4v) is 8.86. The molecule has 5 rings (SSSR count). The maximum Gasteiger partial charge on any atom is 0.187 e. The summed E-state index contributed by atoms with van der Waals surface area (Å²) in [6, 6.07) is 2.08. The third kappa shape index (κ3) is 2.83. The predicted molar refractivity (Wildman–Crippen MR) is 124 cm³/mol. The Morgan fingerprint density at radius 2 is 1.79 bits per heavy atom. The van der Waals surface area contributed by atoms with Crippen molar-refractivity contribution in [2.75, 3.05) is 6.61 Å². The van der Waals surface area contributed by atoms with E-state index in [1.807, 2.05) is 6.08 Å². The van der Waals surface area contributed by atoms with Crippen LogP contribution in [0.25, 0.3) is 0 Å². The van der Waals surface area contributed by atoms with Gasteiger partial charge in [0.05, 0.1) is 5.57 Å². The standard InChI is InChI=1S/C28H37NO4/c1-24(2)9-10-27(16-30)8-6-20-25(3)7-5-18-11-19(31)17(15-29)13-26(18,4)21(25)12-23(32)28(20,33)22(27)14-24/h12-13,18,20,22,30,33H,5-11,14,16H2,1-4H3/t18?,20?,22?,25-,26?,27?,28?/m0/s1. The summed E-state index contributed by atoms with van der Waals surface area (Å²) in [6.45, 7) is 8.69. The Labute approximate surface area is 196 Å². The number of carbonyl (C=O) groups is 2. The van der Waals surface area contributed by atoms with Gasteiger partial charge in [-0.25, -0.2) is 0 Å². The molecule has 0 aromatic rings. The molecule has 0 aliphatic heterocycles. The second kappa shape index (κ2) is 6.89. The van der Waals surface area contributed by atoms with Crippen molar-refractivity contribution in [3.63, 3.8) is 0 Å². The summed E-state index contributed by atoms with van der Waals surface area (Å²) in [5.41, 5.74) is -1.57. The molecule has 178 valence electrons. The molecule has 0 heterocycles. The fraction of sp³-hybridized carbons (Fsp3) is 0.750. The van der Waals surface area contributed by atoms with Crippen LogP contribution in [0.3, 0.4) is 0 Å². The molecular formula is C28H37NO4. The largest absolute Gasteiger partial charge is 0.396 e.